The Morgan fingerprint density at radius 1 is 1.28 bits per heavy atom. The predicted molar refractivity (Wildman–Crippen MR) is 97.3 cm³/mol. The van der Waals surface area contributed by atoms with Gasteiger partial charge < -0.3 is 10.1 Å². The lowest BCUT2D eigenvalue weighted by Crippen LogP contribution is -2.18. The Bertz CT molecular complexity index is 985. The lowest BCUT2D eigenvalue weighted by atomic mass is 10.2. The van der Waals surface area contributed by atoms with E-state index in [0.29, 0.717) is 33.9 Å². The SMILES string of the molecule is COc1ccc(NC(=O)CCn2ncc(=O)c3ccccc32)cc1Cl. The number of hydrogen-bond donors (Lipinski definition) is 1. The first-order valence-electron chi connectivity index (χ1n) is 7.67. The fraction of sp³-hybridized carbons (Fsp3) is 0.167. The number of aromatic nitrogens is 2. The molecule has 1 aromatic heterocycles. The maximum Gasteiger partial charge on any atom is 0.226 e. The monoisotopic (exact) mass is 357 g/mol. The number of ether oxygens (including phenoxy) is 1. The highest BCUT2D eigenvalue weighted by molar-refractivity contribution is 6.32. The van der Waals surface area contributed by atoms with E-state index in [9.17, 15) is 9.59 Å². The molecule has 6 nitrogen and oxygen atoms in total. The average molecular weight is 358 g/mol. The van der Waals surface area contributed by atoms with Crippen molar-refractivity contribution in [2.24, 2.45) is 0 Å². The molecule has 3 aromatic rings. The highest BCUT2D eigenvalue weighted by Gasteiger charge is 2.08. The van der Waals surface area contributed by atoms with E-state index in [-0.39, 0.29) is 17.8 Å². The van der Waals surface area contributed by atoms with Gasteiger partial charge in [0, 0.05) is 17.5 Å². The number of nitrogens with one attached hydrogen (secondary N) is 1. The summed E-state index contributed by atoms with van der Waals surface area (Å²) in [6, 6.07) is 12.2. The van der Waals surface area contributed by atoms with Gasteiger partial charge in [0.25, 0.3) is 0 Å². The smallest absolute Gasteiger partial charge is 0.226 e. The number of nitrogens with zero attached hydrogens (tertiary/aromatic N) is 2. The molecule has 0 aliphatic carbocycles. The third kappa shape index (κ3) is 3.80. The van der Waals surface area contributed by atoms with E-state index in [1.54, 1.807) is 35.0 Å². The molecule has 128 valence electrons. The van der Waals surface area contributed by atoms with Gasteiger partial charge in [-0.2, -0.15) is 5.10 Å². The van der Waals surface area contributed by atoms with Crippen LogP contribution in [0, 0.1) is 0 Å². The van der Waals surface area contributed by atoms with Crippen LogP contribution in [-0.2, 0) is 11.3 Å². The van der Waals surface area contributed by atoms with Crippen molar-refractivity contribution in [1.82, 2.24) is 9.78 Å². The summed E-state index contributed by atoms with van der Waals surface area (Å²) in [6.45, 7) is 0.358. The van der Waals surface area contributed by atoms with Crippen molar-refractivity contribution in [3.8, 4) is 5.75 Å². The third-order valence-corrected chi connectivity index (χ3v) is 4.04. The Kier molecular flexibility index (Phi) is 5.00. The molecule has 3 rings (SSSR count). The lowest BCUT2D eigenvalue weighted by molar-refractivity contribution is -0.116. The molecule has 25 heavy (non-hydrogen) atoms. The van der Waals surface area contributed by atoms with Gasteiger partial charge in [-0.15, -0.1) is 0 Å². The Hall–Kier alpha value is -2.86. The predicted octanol–water partition coefficient (Wildman–Crippen LogP) is 3.09. The molecule has 0 aliphatic heterocycles. The van der Waals surface area contributed by atoms with Crippen LogP contribution in [0.25, 0.3) is 10.9 Å². The summed E-state index contributed by atoms with van der Waals surface area (Å²) in [7, 11) is 1.53. The molecule has 1 amide bonds. The Balaban J connectivity index is 1.70. The molecule has 1 heterocycles. The summed E-state index contributed by atoms with van der Waals surface area (Å²) in [5, 5.41) is 7.90. The van der Waals surface area contributed by atoms with Gasteiger partial charge in [-0.25, -0.2) is 0 Å². The largest absolute Gasteiger partial charge is 0.495 e. The number of methoxy groups -OCH3 is 1. The van der Waals surface area contributed by atoms with Crippen LogP contribution in [0.1, 0.15) is 6.42 Å². The molecule has 2 aromatic carbocycles. The minimum atomic E-state index is -0.175. The standard InChI is InChI=1S/C18H16ClN3O3/c1-25-17-7-6-12(10-14(17)19)21-18(24)8-9-22-15-5-3-2-4-13(15)16(23)11-20-22/h2-7,10-11H,8-9H2,1H3,(H,21,24). The average Bonchev–Trinajstić information content (AvgIpc) is 2.61. The maximum atomic E-state index is 12.2. The molecule has 0 atom stereocenters. The number of hydrogen-bond acceptors (Lipinski definition) is 4. The first kappa shape index (κ1) is 17.0. The van der Waals surface area contributed by atoms with Crippen LogP contribution >= 0.6 is 11.6 Å². The minimum absolute atomic E-state index is 0.135. The van der Waals surface area contributed by atoms with Gasteiger partial charge in [-0.1, -0.05) is 23.7 Å². The number of amides is 1. The number of anilines is 1. The fourth-order valence-electron chi connectivity index (χ4n) is 2.51. The molecular formula is C18H16ClN3O3. The van der Waals surface area contributed by atoms with E-state index in [1.165, 1.54) is 13.3 Å². The number of para-hydroxylation sites is 1. The molecule has 0 fully saturated rings. The molecule has 0 aliphatic rings. The van der Waals surface area contributed by atoms with Crippen molar-refractivity contribution >= 4 is 34.1 Å². The van der Waals surface area contributed by atoms with Gasteiger partial charge in [0.05, 0.1) is 30.4 Å². The Labute approximate surface area is 149 Å². The second-order valence-electron chi connectivity index (χ2n) is 5.40. The molecule has 1 N–H and O–H groups in total. The van der Waals surface area contributed by atoms with Gasteiger partial charge in [0.2, 0.25) is 11.3 Å². The number of aryl methyl sites for hydroxylation is 1. The van der Waals surface area contributed by atoms with Gasteiger partial charge in [0.15, 0.2) is 0 Å². The zero-order valence-corrected chi connectivity index (χ0v) is 14.3. The number of halogens is 1. The van der Waals surface area contributed by atoms with E-state index < -0.39 is 0 Å². The van der Waals surface area contributed by atoms with Crippen molar-refractivity contribution in [1.29, 1.82) is 0 Å². The van der Waals surface area contributed by atoms with Gasteiger partial charge >= 0.3 is 0 Å². The highest BCUT2D eigenvalue weighted by atomic mass is 35.5. The van der Waals surface area contributed by atoms with Crippen molar-refractivity contribution in [2.45, 2.75) is 13.0 Å². The maximum absolute atomic E-state index is 12.2. The molecular weight excluding hydrogens is 342 g/mol. The number of fused-ring (bicyclic) bond motifs is 1. The van der Waals surface area contributed by atoms with Crippen LogP contribution in [0.15, 0.2) is 53.5 Å². The van der Waals surface area contributed by atoms with E-state index >= 15 is 0 Å². The molecule has 0 radical (unpaired) electrons. The first-order chi connectivity index (χ1) is 12.1. The number of carbonyl (C=O) groups is 1. The number of carbonyl (C=O) groups excluding carboxylic acids is 1. The molecule has 0 bridgehead atoms. The topological polar surface area (TPSA) is 73.2 Å². The lowest BCUT2D eigenvalue weighted by Gasteiger charge is -2.10. The molecule has 7 heteroatoms. The minimum Gasteiger partial charge on any atom is -0.495 e. The number of benzene rings is 2. The quantitative estimate of drug-likeness (QED) is 0.761. The van der Waals surface area contributed by atoms with Crippen LogP contribution in [-0.4, -0.2) is 22.8 Å². The third-order valence-electron chi connectivity index (χ3n) is 3.75. The summed E-state index contributed by atoms with van der Waals surface area (Å²) in [5.74, 6) is 0.370. The van der Waals surface area contributed by atoms with E-state index in [2.05, 4.69) is 10.4 Å². The van der Waals surface area contributed by atoms with Crippen LogP contribution in [0.5, 0.6) is 5.75 Å². The number of rotatable bonds is 5. The Morgan fingerprint density at radius 3 is 2.84 bits per heavy atom. The van der Waals surface area contributed by atoms with Crippen LogP contribution in [0.2, 0.25) is 5.02 Å². The van der Waals surface area contributed by atoms with Crippen LogP contribution < -0.4 is 15.5 Å². The normalized spacial score (nSPS) is 10.6. The van der Waals surface area contributed by atoms with Gasteiger partial charge in [0.1, 0.15) is 5.75 Å². The summed E-state index contributed by atoms with van der Waals surface area (Å²) in [5.41, 5.74) is 1.16. The summed E-state index contributed by atoms with van der Waals surface area (Å²) < 4.78 is 6.73. The van der Waals surface area contributed by atoms with Crippen molar-refractivity contribution in [2.75, 3.05) is 12.4 Å². The van der Waals surface area contributed by atoms with Gasteiger partial charge in [-0.3, -0.25) is 14.3 Å². The van der Waals surface area contributed by atoms with Crippen molar-refractivity contribution < 1.29 is 9.53 Å². The van der Waals surface area contributed by atoms with E-state index in [4.69, 9.17) is 16.3 Å². The summed E-state index contributed by atoms with van der Waals surface area (Å²) in [4.78, 5) is 24.0. The molecule has 0 spiro atoms. The second-order valence-corrected chi connectivity index (χ2v) is 5.80. The molecule has 0 saturated carbocycles. The van der Waals surface area contributed by atoms with Crippen molar-refractivity contribution in [3.63, 3.8) is 0 Å². The zero-order valence-electron chi connectivity index (χ0n) is 13.5. The van der Waals surface area contributed by atoms with Crippen molar-refractivity contribution in [3.05, 3.63) is 63.9 Å². The molecule has 0 unspecified atom stereocenters. The van der Waals surface area contributed by atoms with E-state index in [1.807, 2.05) is 12.1 Å². The summed E-state index contributed by atoms with van der Waals surface area (Å²) >= 11 is 6.05. The van der Waals surface area contributed by atoms with E-state index in [0.717, 1.165) is 0 Å². The van der Waals surface area contributed by atoms with Crippen LogP contribution in [0.3, 0.4) is 0 Å². The highest BCUT2D eigenvalue weighted by Crippen LogP contribution is 2.27. The molecule has 0 saturated heterocycles. The first-order valence-corrected chi connectivity index (χ1v) is 8.04. The van der Waals surface area contributed by atoms with Gasteiger partial charge in [-0.05, 0) is 30.3 Å². The fourth-order valence-corrected chi connectivity index (χ4v) is 2.77. The zero-order chi connectivity index (χ0) is 17.8. The second kappa shape index (κ2) is 7.36. The summed E-state index contributed by atoms with van der Waals surface area (Å²) in [6.07, 6.45) is 1.48. The Morgan fingerprint density at radius 2 is 2.08 bits per heavy atom. The van der Waals surface area contributed by atoms with Crippen LogP contribution in [0.4, 0.5) is 5.69 Å².